The molecule has 0 saturated heterocycles. The number of aromatic nitrogens is 2. The molecule has 1 aromatic heterocycles. The van der Waals surface area contributed by atoms with Crippen LogP contribution in [0.25, 0.3) is 11.3 Å². The lowest BCUT2D eigenvalue weighted by atomic mass is 10.0. The van der Waals surface area contributed by atoms with E-state index in [2.05, 4.69) is 36.0 Å². The molecule has 0 radical (unpaired) electrons. The molecular weight excluding hydrogens is 443 g/mol. The van der Waals surface area contributed by atoms with Gasteiger partial charge in [0, 0.05) is 12.1 Å². The van der Waals surface area contributed by atoms with Crippen LogP contribution in [0.2, 0.25) is 0 Å². The molecule has 0 bridgehead atoms. The average Bonchev–Trinajstić information content (AvgIpc) is 3.45. The number of aliphatic hydroxyl groups is 1. The minimum atomic E-state index is -4.78. The van der Waals surface area contributed by atoms with Crippen molar-refractivity contribution in [3.8, 4) is 17.0 Å². The zero-order valence-electron chi connectivity index (χ0n) is 14.8. The monoisotopic (exact) mass is 459 g/mol. The maximum Gasteiger partial charge on any atom is 0.573 e. The molecule has 6 nitrogen and oxygen atoms in total. The lowest BCUT2D eigenvalue weighted by molar-refractivity contribution is -0.274. The molecule has 1 saturated carbocycles. The van der Waals surface area contributed by atoms with Crippen LogP contribution in [0.1, 0.15) is 30.3 Å². The molecule has 1 fully saturated rings. The Labute approximate surface area is 167 Å². The zero-order valence-corrected chi connectivity index (χ0v) is 16.3. The van der Waals surface area contributed by atoms with Crippen molar-refractivity contribution in [3.63, 3.8) is 0 Å². The summed E-state index contributed by atoms with van der Waals surface area (Å²) in [6.45, 7) is 1.77. The smallest absolute Gasteiger partial charge is 0.406 e. The van der Waals surface area contributed by atoms with Crippen molar-refractivity contribution in [1.29, 1.82) is 0 Å². The van der Waals surface area contributed by atoms with Gasteiger partial charge < -0.3 is 15.2 Å². The number of benzene rings is 1. The van der Waals surface area contributed by atoms with Crippen molar-refractivity contribution in [2.45, 2.75) is 31.7 Å². The van der Waals surface area contributed by atoms with Crippen LogP contribution in [0.4, 0.5) is 13.2 Å². The molecule has 1 atom stereocenters. The Balaban J connectivity index is 1.74. The van der Waals surface area contributed by atoms with Crippen molar-refractivity contribution in [1.82, 2.24) is 15.3 Å². The number of nitrogens with one attached hydrogen (secondary N) is 1. The van der Waals surface area contributed by atoms with Crippen molar-refractivity contribution < 1.29 is 27.8 Å². The van der Waals surface area contributed by atoms with E-state index in [0.717, 1.165) is 25.0 Å². The van der Waals surface area contributed by atoms with Crippen molar-refractivity contribution in [2.24, 2.45) is 5.92 Å². The molecule has 0 unspecified atom stereocenters. The van der Waals surface area contributed by atoms with E-state index in [1.807, 2.05) is 0 Å². The van der Waals surface area contributed by atoms with Crippen molar-refractivity contribution >= 4 is 21.8 Å². The number of ether oxygens (including phenoxy) is 1. The van der Waals surface area contributed by atoms with Gasteiger partial charge in [-0.1, -0.05) is 0 Å². The third kappa shape index (κ3) is 5.20. The molecule has 1 heterocycles. The first-order chi connectivity index (χ1) is 13.0. The summed E-state index contributed by atoms with van der Waals surface area (Å²) in [4.78, 5) is 20.7. The second-order valence-corrected chi connectivity index (χ2v) is 7.53. The summed E-state index contributed by atoms with van der Waals surface area (Å²) in [5.74, 6) is -0.687. The summed E-state index contributed by atoms with van der Waals surface area (Å²) < 4.78 is 41.0. The number of halogens is 4. The number of hydrogen-bond donors (Lipinski definition) is 2. The number of amides is 1. The summed E-state index contributed by atoms with van der Waals surface area (Å²) in [5, 5.41) is 12.9. The van der Waals surface area contributed by atoms with Crippen LogP contribution in [0.3, 0.4) is 0 Å². The molecule has 28 heavy (non-hydrogen) atoms. The fraction of sp³-hybridized carbons (Fsp3) is 0.389. The third-order valence-corrected chi connectivity index (χ3v) is 4.97. The highest BCUT2D eigenvalue weighted by molar-refractivity contribution is 9.10. The van der Waals surface area contributed by atoms with Gasteiger partial charge in [0.25, 0.3) is 5.91 Å². The summed E-state index contributed by atoms with van der Waals surface area (Å²) >= 11 is 3.23. The number of rotatable bonds is 6. The van der Waals surface area contributed by atoms with Crippen LogP contribution in [0.5, 0.6) is 5.75 Å². The lowest BCUT2D eigenvalue weighted by Crippen LogP contribution is -2.42. The van der Waals surface area contributed by atoms with Crippen LogP contribution >= 0.6 is 15.9 Å². The minimum Gasteiger partial charge on any atom is -0.406 e. The molecule has 0 aliphatic heterocycles. The van der Waals surface area contributed by atoms with E-state index in [-0.39, 0.29) is 23.9 Å². The molecule has 150 valence electrons. The first-order valence-electron chi connectivity index (χ1n) is 8.44. The quantitative estimate of drug-likeness (QED) is 0.687. The Kier molecular flexibility index (Phi) is 5.62. The van der Waals surface area contributed by atoms with E-state index in [9.17, 15) is 23.1 Å². The van der Waals surface area contributed by atoms with Gasteiger partial charge >= 0.3 is 6.36 Å². The normalized spacial score (nSPS) is 16.4. The van der Waals surface area contributed by atoms with Crippen LogP contribution < -0.4 is 10.1 Å². The van der Waals surface area contributed by atoms with Crippen LogP contribution in [0.15, 0.2) is 35.1 Å². The lowest BCUT2D eigenvalue weighted by Gasteiger charge is -2.23. The molecule has 1 amide bonds. The molecule has 2 aromatic rings. The first-order valence-corrected chi connectivity index (χ1v) is 9.24. The number of carbonyl (C=O) groups is 1. The average molecular weight is 460 g/mol. The fourth-order valence-corrected chi connectivity index (χ4v) is 3.10. The molecule has 10 heteroatoms. The molecule has 3 rings (SSSR count). The second kappa shape index (κ2) is 7.67. The van der Waals surface area contributed by atoms with Gasteiger partial charge in [-0.15, -0.1) is 13.2 Å². The zero-order chi connectivity index (χ0) is 20.5. The number of nitrogens with zero attached hydrogens (tertiary/aromatic N) is 2. The van der Waals surface area contributed by atoms with Gasteiger partial charge in [0.05, 0.1) is 11.8 Å². The number of carbonyl (C=O) groups excluding carboxylic acids is 1. The minimum absolute atomic E-state index is 0.0282. The topological polar surface area (TPSA) is 84.3 Å². The Bertz CT molecular complexity index is 869. The summed E-state index contributed by atoms with van der Waals surface area (Å²) in [6, 6.07) is 5.07. The Hall–Kier alpha value is -2.20. The van der Waals surface area contributed by atoms with Crippen molar-refractivity contribution in [2.75, 3.05) is 6.54 Å². The predicted molar refractivity (Wildman–Crippen MR) is 97.5 cm³/mol. The van der Waals surface area contributed by atoms with Crippen LogP contribution in [-0.2, 0) is 0 Å². The Morgan fingerprint density at radius 3 is 2.54 bits per heavy atom. The highest BCUT2D eigenvalue weighted by Gasteiger charge is 2.40. The van der Waals surface area contributed by atoms with Gasteiger partial charge in [-0.2, -0.15) is 0 Å². The SMILES string of the molecule is C[C@](O)(CNC(=O)c1cnc(Br)c(-c2ccc(OC(F)(F)F)cc2)n1)C1CC1. The fourth-order valence-electron chi connectivity index (χ4n) is 2.68. The van der Waals surface area contributed by atoms with Gasteiger partial charge in [-0.05, 0) is 65.9 Å². The standard InChI is InChI=1S/C18H17BrF3N3O3/c1-17(27,11-4-5-11)9-24-16(26)13-8-23-15(19)14(25-13)10-2-6-12(7-3-10)28-18(20,21)22/h2-3,6-8,11,27H,4-5,9H2,1H3,(H,24,26)/t17-/m0/s1. The van der Waals surface area contributed by atoms with Gasteiger partial charge in [0.1, 0.15) is 21.7 Å². The van der Waals surface area contributed by atoms with Gasteiger partial charge in [0.2, 0.25) is 0 Å². The van der Waals surface area contributed by atoms with Crippen LogP contribution in [-0.4, -0.2) is 39.5 Å². The molecule has 0 spiro atoms. The molecule has 2 N–H and O–H groups in total. The largest absolute Gasteiger partial charge is 0.573 e. The van der Waals surface area contributed by atoms with E-state index >= 15 is 0 Å². The number of alkyl halides is 3. The van der Waals surface area contributed by atoms with E-state index in [0.29, 0.717) is 15.9 Å². The van der Waals surface area contributed by atoms with E-state index < -0.39 is 17.9 Å². The third-order valence-electron chi connectivity index (χ3n) is 4.39. The summed E-state index contributed by atoms with van der Waals surface area (Å²) in [6.07, 6.45) is -1.64. The van der Waals surface area contributed by atoms with Gasteiger partial charge in [-0.25, -0.2) is 9.97 Å². The van der Waals surface area contributed by atoms with Gasteiger partial charge in [0.15, 0.2) is 0 Å². The van der Waals surface area contributed by atoms with E-state index in [1.54, 1.807) is 6.92 Å². The molecule has 1 aromatic carbocycles. The van der Waals surface area contributed by atoms with Gasteiger partial charge in [-0.3, -0.25) is 4.79 Å². The Morgan fingerprint density at radius 1 is 1.32 bits per heavy atom. The molecule has 1 aliphatic carbocycles. The Morgan fingerprint density at radius 2 is 1.96 bits per heavy atom. The second-order valence-electron chi connectivity index (χ2n) is 6.78. The number of hydrogen-bond acceptors (Lipinski definition) is 5. The maximum absolute atomic E-state index is 12.4. The van der Waals surface area contributed by atoms with E-state index in [1.165, 1.54) is 18.3 Å². The van der Waals surface area contributed by atoms with E-state index in [4.69, 9.17) is 0 Å². The molecular formula is C18H17BrF3N3O3. The van der Waals surface area contributed by atoms with Crippen molar-refractivity contribution in [3.05, 3.63) is 40.8 Å². The summed E-state index contributed by atoms with van der Waals surface area (Å²) in [7, 11) is 0. The maximum atomic E-state index is 12.4. The highest BCUT2D eigenvalue weighted by Crippen LogP contribution is 2.39. The predicted octanol–water partition coefficient (Wildman–Crippen LogP) is 3.70. The highest BCUT2D eigenvalue weighted by atomic mass is 79.9. The molecule has 1 aliphatic rings. The summed E-state index contributed by atoms with van der Waals surface area (Å²) in [5.41, 5.74) is -0.204. The van der Waals surface area contributed by atoms with Crippen LogP contribution in [0, 0.1) is 5.92 Å². The first kappa shape index (κ1) is 20.5.